The van der Waals surface area contributed by atoms with Gasteiger partial charge < -0.3 is 15.5 Å². The smallest absolute Gasteiger partial charge is 0.317 e. The number of amides is 3. The van der Waals surface area contributed by atoms with E-state index in [1.807, 2.05) is 49.4 Å². The van der Waals surface area contributed by atoms with Gasteiger partial charge in [0.15, 0.2) is 0 Å². The van der Waals surface area contributed by atoms with Gasteiger partial charge in [0, 0.05) is 37.3 Å². The number of rotatable bonds is 3. The number of benzene rings is 1. The molecule has 2 heterocycles. The molecule has 6 heteroatoms. The van der Waals surface area contributed by atoms with Crippen molar-refractivity contribution in [1.29, 1.82) is 0 Å². The molecule has 1 aromatic heterocycles. The molecular weight excluding hydrogens is 328 g/mol. The predicted molar refractivity (Wildman–Crippen MR) is 102 cm³/mol. The zero-order valence-electron chi connectivity index (χ0n) is 15.2. The lowest BCUT2D eigenvalue weighted by atomic mass is 9.96. The Labute approximate surface area is 153 Å². The first-order chi connectivity index (χ1) is 12.6. The largest absolute Gasteiger partial charge is 0.341 e. The summed E-state index contributed by atoms with van der Waals surface area (Å²) in [6, 6.07) is 13.8. The monoisotopic (exact) mass is 352 g/mol. The average molecular weight is 352 g/mol. The topological polar surface area (TPSA) is 74.3 Å². The van der Waals surface area contributed by atoms with Crippen molar-refractivity contribution >= 4 is 17.8 Å². The van der Waals surface area contributed by atoms with Gasteiger partial charge in [-0.1, -0.05) is 30.3 Å². The number of aromatic nitrogens is 1. The average Bonchev–Trinajstić information content (AvgIpc) is 2.68. The van der Waals surface area contributed by atoms with Crippen LogP contribution in [0.5, 0.6) is 0 Å². The summed E-state index contributed by atoms with van der Waals surface area (Å²) in [5.74, 6) is 0.452. The van der Waals surface area contributed by atoms with Crippen molar-refractivity contribution in [3.8, 4) is 11.1 Å². The van der Waals surface area contributed by atoms with E-state index < -0.39 is 0 Å². The molecule has 26 heavy (non-hydrogen) atoms. The minimum absolute atomic E-state index is 0.0269. The summed E-state index contributed by atoms with van der Waals surface area (Å²) in [5, 5.41) is 5.54. The number of piperidine rings is 1. The molecule has 136 valence electrons. The maximum Gasteiger partial charge on any atom is 0.317 e. The number of nitrogens with zero attached hydrogens (tertiary/aromatic N) is 2. The number of hydrogen-bond donors (Lipinski definition) is 2. The van der Waals surface area contributed by atoms with E-state index in [2.05, 4.69) is 15.6 Å². The van der Waals surface area contributed by atoms with E-state index in [0.717, 1.165) is 16.8 Å². The molecule has 0 bridgehead atoms. The Morgan fingerprint density at radius 3 is 2.38 bits per heavy atom. The second-order valence-corrected chi connectivity index (χ2v) is 6.50. The molecule has 2 N–H and O–H groups in total. The molecule has 1 aromatic carbocycles. The standard InChI is InChI=1S/C20H24N4O2/c1-14-17(15-6-4-3-5-7-15)8-9-18(22-14)23-19(25)16-10-12-24(13-11-16)20(26)21-2/h3-9,16H,10-13H2,1-2H3,(H,21,26)(H,22,23,25). The summed E-state index contributed by atoms with van der Waals surface area (Å²) >= 11 is 0. The fourth-order valence-corrected chi connectivity index (χ4v) is 3.28. The quantitative estimate of drug-likeness (QED) is 0.892. The van der Waals surface area contributed by atoms with E-state index in [9.17, 15) is 9.59 Å². The number of anilines is 1. The summed E-state index contributed by atoms with van der Waals surface area (Å²) in [4.78, 5) is 30.4. The lowest BCUT2D eigenvalue weighted by Gasteiger charge is -2.30. The maximum absolute atomic E-state index is 12.5. The van der Waals surface area contributed by atoms with Gasteiger partial charge in [-0.25, -0.2) is 9.78 Å². The van der Waals surface area contributed by atoms with Crippen molar-refractivity contribution in [1.82, 2.24) is 15.2 Å². The number of aryl methyl sites for hydroxylation is 1. The summed E-state index contributed by atoms with van der Waals surface area (Å²) in [6.45, 7) is 3.13. The zero-order valence-corrected chi connectivity index (χ0v) is 15.2. The second kappa shape index (κ2) is 7.99. The number of pyridine rings is 1. The molecule has 0 radical (unpaired) electrons. The Kier molecular flexibility index (Phi) is 5.51. The molecule has 1 saturated heterocycles. The van der Waals surface area contributed by atoms with Gasteiger partial charge in [-0.3, -0.25) is 4.79 Å². The van der Waals surface area contributed by atoms with Crippen molar-refractivity contribution in [3.05, 3.63) is 48.2 Å². The fourth-order valence-electron chi connectivity index (χ4n) is 3.28. The van der Waals surface area contributed by atoms with E-state index in [1.165, 1.54) is 0 Å². The van der Waals surface area contributed by atoms with Crippen LogP contribution >= 0.6 is 0 Å². The van der Waals surface area contributed by atoms with Crippen LogP contribution < -0.4 is 10.6 Å². The van der Waals surface area contributed by atoms with Crippen LogP contribution in [0.2, 0.25) is 0 Å². The molecule has 0 saturated carbocycles. The second-order valence-electron chi connectivity index (χ2n) is 6.50. The maximum atomic E-state index is 12.5. The Bertz CT molecular complexity index is 784. The molecule has 1 fully saturated rings. The van der Waals surface area contributed by atoms with Crippen molar-refractivity contribution < 1.29 is 9.59 Å². The molecule has 3 amide bonds. The summed E-state index contributed by atoms with van der Waals surface area (Å²) < 4.78 is 0. The first kappa shape index (κ1) is 17.9. The lowest BCUT2D eigenvalue weighted by molar-refractivity contribution is -0.121. The van der Waals surface area contributed by atoms with E-state index in [4.69, 9.17) is 0 Å². The highest BCUT2D eigenvalue weighted by atomic mass is 16.2. The number of nitrogens with one attached hydrogen (secondary N) is 2. The van der Waals surface area contributed by atoms with Crippen molar-refractivity contribution in [2.24, 2.45) is 5.92 Å². The highest BCUT2D eigenvalue weighted by Gasteiger charge is 2.27. The van der Waals surface area contributed by atoms with Crippen LogP contribution in [0.1, 0.15) is 18.5 Å². The van der Waals surface area contributed by atoms with Crippen LogP contribution in [0.4, 0.5) is 10.6 Å². The van der Waals surface area contributed by atoms with Gasteiger partial charge in [0.25, 0.3) is 0 Å². The molecule has 0 unspecified atom stereocenters. The molecule has 0 atom stereocenters. The van der Waals surface area contributed by atoms with E-state index in [0.29, 0.717) is 31.7 Å². The van der Waals surface area contributed by atoms with Crippen molar-refractivity contribution in [3.63, 3.8) is 0 Å². The van der Waals surface area contributed by atoms with Gasteiger partial charge in [-0.15, -0.1) is 0 Å². The van der Waals surface area contributed by atoms with Gasteiger partial charge in [-0.05, 0) is 37.5 Å². The first-order valence-electron chi connectivity index (χ1n) is 8.89. The highest BCUT2D eigenvalue weighted by Crippen LogP contribution is 2.24. The van der Waals surface area contributed by atoms with Gasteiger partial charge in [0.1, 0.15) is 5.82 Å². The molecule has 1 aliphatic rings. The van der Waals surface area contributed by atoms with Crippen LogP contribution in [0.15, 0.2) is 42.5 Å². The molecule has 0 aliphatic carbocycles. The van der Waals surface area contributed by atoms with Crippen molar-refractivity contribution in [2.75, 3.05) is 25.5 Å². The Morgan fingerprint density at radius 1 is 1.08 bits per heavy atom. The molecule has 1 aliphatic heterocycles. The van der Waals surface area contributed by atoms with Crippen LogP contribution in [-0.2, 0) is 4.79 Å². The summed E-state index contributed by atoms with van der Waals surface area (Å²) in [7, 11) is 1.62. The summed E-state index contributed by atoms with van der Waals surface area (Å²) in [5.41, 5.74) is 3.04. The van der Waals surface area contributed by atoms with Crippen LogP contribution in [0.3, 0.4) is 0 Å². The van der Waals surface area contributed by atoms with Crippen LogP contribution in [-0.4, -0.2) is 42.0 Å². The number of hydrogen-bond acceptors (Lipinski definition) is 3. The van der Waals surface area contributed by atoms with E-state index in [1.54, 1.807) is 11.9 Å². The third-order valence-electron chi connectivity index (χ3n) is 4.79. The van der Waals surface area contributed by atoms with Crippen molar-refractivity contribution in [2.45, 2.75) is 19.8 Å². The minimum Gasteiger partial charge on any atom is -0.341 e. The molecule has 0 spiro atoms. The first-order valence-corrected chi connectivity index (χ1v) is 8.89. The van der Waals surface area contributed by atoms with E-state index in [-0.39, 0.29) is 17.9 Å². The van der Waals surface area contributed by atoms with Gasteiger partial charge in [-0.2, -0.15) is 0 Å². The van der Waals surface area contributed by atoms with Gasteiger partial charge >= 0.3 is 6.03 Å². The van der Waals surface area contributed by atoms with Gasteiger partial charge in [0.2, 0.25) is 5.91 Å². The number of carbonyl (C=O) groups excluding carboxylic acids is 2. The third kappa shape index (κ3) is 4.02. The molecule has 6 nitrogen and oxygen atoms in total. The number of carbonyl (C=O) groups is 2. The number of likely N-dealkylation sites (tertiary alicyclic amines) is 1. The third-order valence-corrected chi connectivity index (χ3v) is 4.79. The molecule has 2 aromatic rings. The van der Waals surface area contributed by atoms with Crippen LogP contribution in [0.25, 0.3) is 11.1 Å². The Hall–Kier alpha value is -2.89. The number of urea groups is 1. The molecule has 3 rings (SSSR count). The molecular formula is C20H24N4O2. The predicted octanol–water partition coefficient (Wildman–Crippen LogP) is 3.05. The summed E-state index contributed by atoms with van der Waals surface area (Å²) in [6.07, 6.45) is 1.33. The lowest BCUT2D eigenvalue weighted by Crippen LogP contribution is -2.45. The minimum atomic E-state index is -0.0909. The Morgan fingerprint density at radius 2 is 1.77 bits per heavy atom. The zero-order chi connectivity index (χ0) is 18.5. The highest BCUT2D eigenvalue weighted by molar-refractivity contribution is 5.92. The van der Waals surface area contributed by atoms with E-state index >= 15 is 0 Å². The fraction of sp³-hybridized carbons (Fsp3) is 0.350. The normalized spacial score (nSPS) is 14.8. The van der Waals surface area contributed by atoms with Crippen LogP contribution in [0, 0.1) is 12.8 Å². The SMILES string of the molecule is CNC(=O)N1CCC(C(=O)Nc2ccc(-c3ccccc3)c(C)n2)CC1. The van der Waals surface area contributed by atoms with Gasteiger partial charge in [0.05, 0.1) is 0 Å². The Balaban J connectivity index is 1.62.